The van der Waals surface area contributed by atoms with Crippen molar-refractivity contribution < 1.29 is 0 Å². The molecule has 2 heteroatoms. The van der Waals surface area contributed by atoms with Gasteiger partial charge < -0.3 is 0 Å². The summed E-state index contributed by atoms with van der Waals surface area (Å²) in [5.74, 6) is 0. The third-order valence-electron chi connectivity index (χ3n) is 4.02. The van der Waals surface area contributed by atoms with Crippen LogP contribution in [0.2, 0.25) is 0 Å². The Hall–Kier alpha value is -2.92. The number of nitriles is 1. The second-order valence-corrected chi connectivity index (χ2v) is 5.17. The van der Waals surface area contributed by atoms with Crippen LogP contribution in [-0.2, 0) is 6.42 Å². The normalized spacial score (nSPS) is 11.6. The summed E-state index contributed by atoms with van der Waals surface area (Å²) >= 11 is 0. The minimum Gasteiger partial charge on any atom is -0.256 e. The summed E-state index contributed by atoms with van der Waals surface area (Å²) in [6, 6.07) is 20.5. The van der Waals surface area contributed by atoms with Crippen LogP contribution in [0.15, 0.2) is 60.8 Å². The number of rotatable bonds is 1. The zero-order chi connectivity index (χ0) is 14.2. The molecular weight excluding hydrogens is 256 g/mol. The fourth-order valence-electron chi connectivity index (χ4n) is 3.12. The smallest absolute Gasteiger partial charge is 0.0998 e. The molecule has 0 saturated heterocycles. The van der Waals surface area contributed by atoms with Crippen LogP contribution in [0.25, 0.3) is 22.4 Å². The van der Waals surface area contributed by atoms with Crippen molar-refractivity contribution >= 4 is 0 Å². The van der Waals surface area contributed by atoms with Gasteiger partial charge in [0.25, 0.3) is 0 Å². The Balaban J connectivity index is 1.98. The van der Waals surface area contributed by atoms with Gasteiger partial charge in [-0.3, -0.25) is 4.98 Å². The molecule has 2 nitrogen and oxygen atoms in total. The predicted molar refractivity (Wildman–Crippen MR) is 82.6 cm³/mol. The zero-order valence-corrected chi connectivity index (χ0v) is 11.4. The minimum atomic E-state index is 0.754. The lowest BCUT2D eigenvalue weighted by molar-refractivity contribution is 1.24. The molecule has 21 heavy (non-hydrogen) atoms. The molecule has 0 unspecified atom stereocenters. The summed E-state index contributed by atoms with van der Waals surface area (Å²) in [7, 11) is 0. The maximum atomic E-state index is 9.35. The lowest BCUT2D eigenvalue weighted by Gasteiger charge is -2.08. The highest BCUT2D eigenvalue weighted by Crippen LogP contribution is 2.42. The monoisotopic (exact) mass is 268 g/mol. The molecule has 1 aliphatic rings. The average molecular weight is 268 g/mol. The van der Waals surface area contributed by atoms with E-state index in [0.29, 0.717) is 0 Å². The van der Waals surface area contributed by atoms with E-state index in [2.05, 4.69) is 29.3 Å². The summed E-state index contributed by atoms with van der Waals surface area (Å²) in [5.41, 5.74) is 7.66. The van der Waals surface area contributed by atoms with Gasteiger partial charge in [0, 0.05) is 17.3 Å². The van der Waals surface area contributed by atoms with E-state index in [1.807, 2.05) is 42.6 Å². The number of hydrogen-bond acceptors (Lipinski definition) is 2. The standard InChI is InChI=1S/C19H12N2/c20-12-14-6-3-5-13-11-17-15(18-9-1-2-10-21-18)7-4-8-16(17)19(13)14/h1-10H,11H2. The Kier molecular flexibility index (Phi) is 2.58. The van der Waals surface area contributed by atoms with Crippen LogP contribution in [-0.4, -0.2) is 4.98 Å². The second kappa shape index (κ2) is 4.57. The Morgan fingerprint density at radius 3 is 2.57 bits per heavy atom. The first kappa shape index (κ1) is 11.9. The van der Waals surface area contributed by atoms with Crippen molar-refractivity contribution in [1.82, 2.24) is 4.98 Å². The van der Waals surface area contributed by atoms with E-state index in [0.717, 1.165) is 28.8 Å². The van der Waals surface area contributed by atoms with Crippen LogP contribution < -0.4 is 0 Å². The molecule has 2 aromatic carbocycles. The van der Waals surface area contributed by atoms with Crippen molar-refractivity contribution in [3.63, 3.8) is 0 Å². The first-order valence-electron chi connectivity index (χ1n) is 6.94. The second-order valence-electron chi connectivity index (χ2n) is 5.17. The molecule has 1 heterocycles. The molecule has 0 N–H and O–H groups in total. The number of nitrogens with zero attached hydrogens (tertiary/aromatic N) is 2. The van der Waals surface area contributed by atoms with Gasteiger partial charge >= 0.3 is 0 Å². The molecule has 0 saturated carbocycles. The molecule has 0 aliphatic heterocycles. The van der Waals surface area contributed by atoms with Gasteiger partial charge in [-0.15, -0.1) is 0 Å². The quantitative estimate of drug-likeness (QED) is 0.519. The molecule has 0 bridgehead atoms. The van der Waals surface area contributed by atoms with Crippen molar-refractivity contribution in [1.29, 1.82) is 5.26 Å². The first-order valence-corrected chi connectivity index (χ1v) is 6.94. The molecule has 1 aromatic heterocycles. The molecule has 4 rings (SSSR count). The van der Waals surface area contributed by atoms with E-state index in [4.69, 9.17) is 0 Å². The van der Waals surface area contributed by atoms with Crippen LogP contribution in [0.3, 0.4) is 0 Å². The summed E-state index contributed by atoms with van der Waals surface area (Å²) in [6.07, 6.45) is 2.68. The molecule has 1 aliphatic carbocycles. The number of pyridine rings is 1. The lowest BCUT2D eigenvalue weighted by atomic mass is 9.97. The Labute approximate surface area is 123 Å². The van der Waals surface area contributed by atoms with E-state index in [9.17, 15) is 5.26 Å². The Bertz CT molecular complexity index is 874. The van der Waals surface area contributed by atoms with E-state index < -0.39 is 0 Å². The highest BCUT2D eigenvalue weighted by Gasteiger charge is 2.24. The number of aromatic nitrogens is 1. The fourth-order valence-corrected chi connectivity index (χ4v) is 3.12. The van der Waals surface area contributed by atoms with E-state index in [1.165, 1.54) is 16.7 Å². The van der Waals surface area contributed by atoms with Gasteiger partial charge in [-0.1, -0.05) is 36.4 Å². The highest BCUT2D eigenvalue weighted by molar-refractivity contribution is 5.86. The van der Waals surface area contributed by atoms with E-state index in [1.54, 1.807) is 0 Å². The Morgan fingerprint density at radius 2 is 1.76 bits per heavy atom. The van der Waals surface area contributed by atoms with Crippen LogP contribution in [0, 0.1) is 11.3 Å². The van der Waals surface area contributed by atoms with Gasteiger partial charge in [0.1, 0.15) is 0 Å². The van der Waals surface area contributed by atoms with Crippen molar-refractivity contribution in [2.24, 2.45) is 0 Å². The largest absolute Gasteiger partial charge is 0.256 e. The van der Waals surface area contributed by atoms with Crippen molar-refractivity contribution in [2.45, 2.75) is 6.42 Å². The molecular formula is C19H12N2. The summed E-state index contributed by atoms with van der Waals surface area (Å²) in [5, 5.41) is 9.35. The third kappa shape index (κ3) is 1.75. The number of benzene rings is 2. The maximum absolute atomic E-state index is 9.35. The minimum absolute atomic E-state index is 0.754. The molecule has 98 valence electrons. The zero-order valence-electron chi connectivity index (χ0n) is 11.4. The molecule has 0 spiro atoms. The van der Waals surface area contributed by atoms with Crippen molar-refractivity contribution in [3.05, 3.63) is 77.5 Å². The predicted octanol–water partition coefficient (Wildman–Crippen LogP) is 4.19. The molecule has 3 aromatic rings. The SMILES string of the molecule is N#Cc1cccc2c1-c1cccc(-c3ccccn3)c1C2. The van der Waals surface area contributed by atoms with Crippen LogP contribution >= 0.6 is 0 Å². The maximum Gasteiger partial charge on any atom is 0.0998 e. The molecule has 0 radical (unpaired) electrons. The van der Waals surface area contributed by atoms with Gasteiger partial charge in [-0.05, 0) is 41.3 Å². The summed E-state index contributed by atoms with van der Waals surface area (Å²) in [4.78, 5) is 4.47. The Morgan fingerprint density at radius 1 is 0.905 bits per heavy atom. The molecule has 0 fully saturated rings. The van der Waals surface area contributed by atoms with Crippen LogP contribution in [0.4, 0.5) is 0 Å². The lowest BCUT2D eigenvalue weighted by Crippen LogP contribution is -1.89. The summed E-state index contributed by atoms with van der Waals surface area (Å²) in [6.45, 7) is 0. The van der Waals surface area contributed by atoms with Gasteiger partial charge in [0.15, 0.2) is 0 Å². The molecule has 0 atom stereocenters. The van der Waals surface area contributed by atoms with E-state index >= 15 is 0 Å². The topological polar surface area (TPSA) is 36.7 Å². The molecule has 0 amide bonds. The average Bonchev–Trinajstić information content (AvgIpc) is 2.94. The van der Waals surface area contributed by atoms with E-state index in [-0.39, 0.29) is 0 Å². The van der Waals surface area contributed by atoms with Crippen molar-refractivity contribution in [2.75, 3.05) is 0 Å². The summed E-state index contributed by atoms with van der Waals surface area (Å²) < 4.78 is 0. The van der Waals surface area contributed by atoms with Gasteiger partial charge in [0.05, 0.1) is 17.3 Å². The first-order chi connectivity index (χ1) is 10.4. The van der Waals surface area contributed by atoms with Gasteiger partial charge in [0.2, 0.25) is 0 Å². The van der Waals surface area contributed by atoms with Gasteiger partial charge in [-0.25, -0.2) is 0 Å². The van der Waals surface area contributed by atoms with Crippen molar-refractivity contribution in [3.8, 4) is 28.5 Å². The fraction of sp³-hybridized carbons (Fsp3) is 0.0526. The number of hydrogen-bond donors (Lipinski definition) is 0. The highest BCUT2D eigenvalue weighted by atomic mass is 14.7. The van der Waals surface area contributed by atoms with Crippen LogP contribution in [0.5, 0.6) is 0 Å². The van der Waals surface area contributed by atoms with Gasteiger partial charge in [-0.2, -0.15) is 5.26 Å². The third-order valence-corrected chi connectivity index (χ3v) is 4.02. The van der Waals surface area contributed by atoms with Crippen LogP contribution in [0.1, 0.15) is 16.7 Å². The number of fused-ring (bicyclic) bond motifs is 3.